The maximum atomic E-state index is 5.86. The Kier molecular flexibility index (Phi) is 3.99. The second-order valence-electron chi connectivity index (χ2n) is 4.10. The molecule has 0 fully saturated rings. The van der Waals surface area contributed by atoms with Crippen LogP contribution in [0, 0.1) is 0 Å². The molecular formula is C14H11ClN4S. The molecule has 3 rings (SSSR count). The van der Waals surface area contributed by atoms with E-state index in [2.05, 4.69) is 15.3 Å². The smallest absolute Gasteiger partial charge is 0.175 e. The van der Waals surface area contributed by atoms with Crippen molar-refractivity contribution in [3.63, 3.8) is 0 Å². The molecular weight excluding hydrogens is 292 g/mol. The summed E-state index contributed by atoms with van der Waals surface area (Å²) in [6.45, 7) is 0. The summed E-state index contributed by atoms with van der Waals surface area (Å²) in [6, 6.07) is 13.5. The van der Waals surface area contributed by atoms with E-state index in [-0.39, 0.29) is 0 Å². The SMILES string of the molecule is Clc1ccc(CSc2ccc(-n3cccn3)nn2)cc1. The number of aromatic nitrogens is 4. The van der Waals surface area contributed by atoms with Crippen LogP contribution in [0.4, 0.5) is 0 Å². The van der Waals surface area contributed by atoms with Crippen LogP contribution in [0.5, 0.6) is 0 Å². The van der Waals surface area contributed by atoms with Crippen molar-refractivity contribution in [1.29, 1.82) is 0 Å². The quantitative estimate of drug-likeness (QED) is 0.691. The maximum Gasteiger partial charge on any atom is 0.175 e. The molecule has 2 aromatic heterocycles. The van der Waals surface area contributed by atoms with E-state index < -0.39 is 0 Å². The zero-order valence-corrected chi connectivity index (χ0v) is 12.1. The molecule has 0 amide bonds. The fraction of sp³-hybridized carbons (Fsp3) is 0.0714. The largest absolute Gasteiger partial charge is 0.221 e. The van der Waals surface area contributed by atoms with E-state index in [4.69, 9.17) is 11.6 Å². The van der Waals surface area contributed by atoms with E-state index >= 15 is 0 Å². The molecule has 0 aliphatic heterocycles. The molecule has 0 atom stereocenters. The Morgan fingerprint density at radius 1 is 1.05 bits per heavy atom. The highest BCUT2D eigenvalue weighted by Crippen LogP contribution is 2.21. The van der Waals surface area contributed by atoms with Gasteiger partial charge in [0, 0.05) is 23.2 Å². The summed E-state index contributed by atoms with van der Waals surface area (Å²) >= 11 is 7.50. The van der Waals surface area contributed by atoms with Crippen molar-refractivity contribution < 1.29 is 0 Å². The van der Waals surface area contributed by atoms with Gasteiger partial charge in [0.2, 0.25) is 0 Å². The molecule has 4 nitrogen and oxygen atoms in total. The molecule has 0 bridgehead atoms. The molecule has 1 aromatic carbocycles. The Morgan fingerprint density at radius 3 is 2.55 bits per heavy atom. The highest BCUT2D eigenvalue weighted by atomic mass is 35.5. The van der Waals surface area contributed by atoms with Gasteiger partial charge < -0.3 is 0 Å². The van der Waals surface area contributed by atoms with E-state index in [1.807, 2.05) is 48.7 Å². The Bertz CT molecular complexity index is 665. The van der Waals surface area contributed by atoms with Crippen LogP contribution in [0.3, 0.4) is 0 Å². The topological polar surface area (TPSA) is 43.6 Å². The van der Waals surface area contributed by atoms with E-state index in [1.54, 1.807) is 22.6 Å². The minimum Gasteiger partial charge on any atom is -0.221 e. The first-order valence-corrected chi connectivity index (χ1v) is 7.38. The van der Waals surface area contributed by atoms with Crippen molar-refractivity contribution in [2.24, 2.45) is 0 Å². The Labute approximate surface area is 125 Å². The van der Waals surface area contributed by atoms with Crippen LogP contribution in [0.15, 0.2) is 59.9 Å². The molecule has 0 radical (unpaired) electrons. The van der Waals surface area contributed by atoms with Gasteiger partial charge >= 0.3 is 0 Å². The summed E-state index contributed by atoms with van der Waals surface area (Å²) in [5.41, 5.74) is 1.21. The molecule has 0 unspecified atom stereocenters. The van der Waals surface area contributed by atoms with E-state index in [0.29, 0.717) is 5.82 Å². The molecule has 6 heteroatoms. The lowest BCUT2D eigenvalue weighted by atomic mass is 10.2. The molecule has 0 N–H and O–H groups in total. The third-order valence-corrected chi connectivity index (χ3v) is 3.91. The van der Waals surface area contributed by atoms with Gasteiger partial charge in [0.1, 0.15) is 5.03 Å². The summed E-state index contributed by atoms with van der Waals surface area (Å²) in [5, 5.41) is 14.1. The van der Waals surface area contributed by atoms with Gasteiger partial charge in [-0.05, 0) is 35.9 Å². The number of thioether (sulfide) groups is 1. The molecule has 0 saturated heterocycles. The van der Waals surface area contributed by atoms with Crippen molar-refractivity contribution in [1.82, 2.24) is 20.0 Å². The first-order chi connectivity index (χ1) is 9.81. The van der Waals surface area contributed by atoms with Gasteiger partial charge in [-0.15, -0.1) is 10.2 Å². The van der Waals surface area contributed by atoms with Gasteiger partial charge in [-0.2, -0.15) is 5.10 Å². The molecule has 100 valence electrons. The average molecular weight is 303 g/mol. The third-order valence-electron chi connectivity index (χ3n) is 2.67. The number of hydrogen-bond acceptors (Lipinski definition) is 4. The number of benzene rings is 1. The lowest BCUT2D eigenvalue weighted by Crippen LogP contribution is -1.99. The zero-order chi connectivity index (χ0) is 13.8. The first-order valence-electron chi connectivity index (χ1n) is 6.02. The minimum atomic E-state index is 0.714. The Hall–Kier alpha value is -1.85. The molecule has 3 aromatic rings. The number of halogens is 1. The molecule has 0 aliphatic carbocycles. The monoisotopic (exact) mass is 302 g/mol. The highest BCUT2D eigenvalue weighted by Gasteiger charge is 2.01. The van der Waals surface area contributed by atoms with Gasteiger partial charge in [-0.1, -0.05) is 35.5 Å². The predicted octanol–water partition coefficient (Wildman–Crippen LogP) is 3.61. The number of hydrogen-bond donors (Lipinski definition) is 0. The van der Waals surface area contributed by atoms with Gasteiger partial charge in [-0.3, -0.25) is 0 Å². The van der Waals surface area contributed by atoms with Crippen LogP contribution >= 0.6 is 23.4 Å². The van der Waals surface area contributed by atoms with E-state index in [1.165, 1.54) is 5.56 Å². The van der Waals surface area contributed by atoms with E-state index in [9.17, 15) is 0 Å². The zero-order valence-electron chi connectivity index (χ0n) is 10.5. The predicted molar refractivity (Wildman–Crippen MR) is 80.2 cm³/mol. The summed E-state index contributed by atoms with van der Waals surface area (Å²) in [7, 11) is 0. The summed E-state index contributed by atoms with van der Waals surface area (Å²) in [5.74, 6) is 1.55. The average Bonchev–Trinajstić information content (AvgIpc) is 3.01. The molecule has 20 heavy (non-hydrogen) atoms. The van der Waals surface area contributed by atoms with Gasteiger partial charge in [0.25, 0.3) is 0 Å². The van der Waals surface area contributed by atoms with Crippen molar-refractivity contribution >= 4 is 23.4 Å². The van der Waals surface area contributed by atoms with Gasteiger partial charge in [0.15, 0.2) is 5.82 Å². The second kappa shape index (κ2) is 6.07. The van der Waals surface area contributed by atoms with Crippen molar-refractivity contribution in [3.8, 4) is 5.82 Å². The van der Waals surface area contributed by atoms with Crippen molar-refractivity contribution in [2.75, 3.05) is 0 Å². The van der Waals surface area contributed by atoms with Crippen LogP contribution in [0.1, 0.15) is 5.56 Å². The van der Waals surface area contributed by atoms with Crippen LogP contribution in [-0.2, 0) is 5.75 Å². The molecule has 2 heterocycles. The molecule has 0 aliphatic rings. The van der Waals surface area contributed by atoms with Crippen molar-refractivity contribution in [2.45, 2.75) is 10.8 Å². The fourth-order valence-electron chi connectivity index (χ4n) is 1.65. The highest BCUT2D eigenvalue weighted by molar-refractivity contribution is 7.98. The normalized spacial score (nSPS) is 10.7. The van der Waals surface area contributed by atoms with Crippen LogP contribution < -0.4 is 0 Å². The number of rotatable bonds is 4. The fourth-order valence-corrected chi connectivity index (χ4v) is 2.55. The third kappa shape index (κ3) is 3.18. The summed E-state index contributed by atoms with van der Waals surface area (Å²) in [6.07, 6.45) is 3.55. The van der Waals surface area contributed by atoms with Crippen LogP contribution in [-0.4, -0.2) is 20.0 Å². The Morgan fingerprint density at radius 2 is 1.90 bits per heavy atom. The maximum absolute atomic E-state index is 5.86. The van der Waals surface area contributed by atoms with Gasteiger partial charge in [0.05, 0.1) is 0 Å². The van der Waals surface area contributed by atoms with Crippen molar-refractivity contribution in [3.05, 3.63) is 65.4 Å². The first kappa shape index (κ1) is 13.1. The lowest BCUT2D eigenvalue weighted by molar-refractivity contribution is 0.792. The summed E-state index contributed by atoms with van der Waals surface area (Å²) < 4.78 is 1.68. The standard InChI is InChI=1S/C14H11ClN4S/c15-12-4-2-11(3-5-12)10-20-14-7-6-13(17-18-14)19-9-1-8-16-19/h1-9H,10H2. The lowest BCUT2D eigenvalue weighted by Gasteiger charge is -2.03. The number of nitrogens with zero attached hydrogens (tertiary/aromatic N) is 4. The molecule has 0 saturated carbocycles. The Balaban J connectivity index is 1.65. The second-order valence-corrected chi connectivity index (χ2v) is 5.53. The van der Waals surface area contributed by atoms with Crippen LogP contribution in [0.25, 0.3) is 5.82 Å². The van der Waals surface area contributed by atoms with Crippen LogP contribution in [0.2, 0.25) is 5.02 Å². The van der Waals surface area contributed by atoms with E-state index in [0.717, 1.165) is 15.8 Å². The summed E-state index contributed by atoms with van der Waals surface area (Å²) in [4.78, 5) is 0. The molecule has 0 spiro atoms. The minimum absolute atomic E-state index is 0.714. The van der Waals surface area contributed by atoms with Gasteiger partial charge in [-0.25, -0.2) is 4.68 Å².